The van der Waals surface area contributed by atoms with Gasteiger partial charge in [-0.15, -0.1) is 0 Å². The van der Waals surface area contributed by atoms with Crippen LogP contribution in [0.5, 0.6) is 0 Å². The Labute approximate surface area is 149 Å². The van der Waals surface area contributed by atoms with Crippen LogP contribution in [-0.4, -0.2) is 41.5 Å². The summed E-state index contributed by atoms with van der Waals surface area (Å²) in [6.07, 6.45) is 5.13. The second-order valence-corrected chi connectivity index (χ2v) is 6.27. The zero-order valence-corrected chi connectivity index (χ0v) is 14.3. The van der Waals surface area contributed by atoms with Crippen molar-refractivity contribution in [1.82, 2.24) is 34.8 Å². The third kappa shape index (κ3) is 3.34. The number of nitrogens with one attached hydrogen (secondary N) is 2. The molecular weight excluding hydrogens is 330 g/mol. The van der Waals surface area contributed by atoms with Crippen molar-refractivity contribution in [3.8, 4) is 0 Å². The maximum atomic E-state index is 12.4. The SMILES string of the molecule is C[C@H](Cn1cncn1)NC(=O)c1cc(Cn2ccc3ccccc32)[nH]n1. The number of amides is 1. The summed E-state index contributed by atoms with van der Waals surface area (Å²) in [6, 6.07) is 12.0. The molecule has 0 saturated carbocycles. The van der Waals surface area contributed by atoms with Gasteiger partial charge in [0.25, 0.3) is 5.91 Å². The lowest BCUT2D eigenvalue weighted by molar-refractivity contribution is 0.0931. The molecule has 1 atom stereocenters. The number of rotatable bonds is 6. The minimum atomic E-state index is -0.211. The van der Waals surface area contributed by atoms with Gasteiger partial charge in [0.05, 0.1) is 18.8 Å². The number of hydrogen-bond acceptors (Lipinski definition) is 4. The molecule has 0 spiro atoms. The molecule has 0 saturated heterocycles. The molecule has 0 unspecified atom stereocenters. The summed E-state index contributed by atoms with van der Waals surface area (Å²) in [5.74, 6) is -0.211. The standard InChI is InChI=1S/C18H19N7O/c1-13(9-25-12-19-11-20-25)21-18(26)16-8-15(22-23-16)10-24-7-6-14-4-2-3-5-17(14)24/h2-8,11-13H,9-10H2,1H3,(H,21,26)(H,22,23)/t13-/m1/s1. The van der Waals surface area contributed by atoms with Gasteiger partial charge in [-0.25, -0.2) is 4.98 Å². The third-order valence-electron chi connectivity index (χ3n) is 4.19. The van der Waals surface area contributed by atoms with Crippen LogP contribution in [0, 0.1) is 0 Å². The monoisotopic (exact) mass is 349 g/mol. The number of aromatic nitrogens is 6. The van der Waals surface area contributed by atoms with E-state index in [2.05, 4.69) is 48.4 Å². The maximum absolute atomic E-state index is 12.4. The first-order valence-corrected chi connectivity index (χ1v) is 8.40. The van der Waals surface area contributed by atoms with E-state index >= 15 is 0 Å². The van der Waals surface area contributed by atoms with Gasteiger partial charge in [0.1, 0.15) is 18.3 Å². The van der Waals surface area contributed by atoms with Crippen molar-refractivity contribution in [1.29, 1.82) is 0 Å². The molecule has 1 aromatic carbocycles. The van der Waals surface area contributed by atoms with Gasteiger partial charge in [-0.05, 0) is 30.5 Å². The van der Waals surface area contributed by atoms with Crippen LogP contribution in [0.2, 0.25) is 0 Å². The molecule has 0 aliphatic carbocycles. The van der Waals surface area contributed by atoms with Gasteiger partial charge in [-0.3, -0.25) is 14.6 Å². The van der Waals surface area contributed by atoms with Crippen LogP contribution in [0.3, 0.4) is 0 Å². The quantitative estimate of drug-likeness (QED) is 0.555. The summed E-state index contributed by atoms with van der Waals surface area (Å²) in [5.41, 5.74) is 2.40. The number of benzene rings is 1. The van der Waals surface area contributed by atoms with Gasteiger partial charge in [0, 0.05) is 17.8 Å². The Morgan fingerprint density at radius 2 is 2.19 bits per heavy atom. The van der Waals surface area contributed by atoms with Crippen LogP contribution in [0.15, 0.2) is 55.2 Å². The van der Waals surface area contributed by atoms with E-state index in [1.54, 1.807) is 17.1 Å². The van der Waals surface area contributed by atoms with Gasteiger partial charge < -0.3 is 9.88 Å². The van der Waals surface area contributed by atoms with E-state index in [0.29, 0.717) is 18.8 Å². The van der Waals surface area contributed by atoms with Gasteiger partial charge in [-0.2, -0.15) is 10.2 Å². The lowest BCUT2D eigenvalue weighted by Gasteiger charge is -2.12. The summed E-state index contributed by atoms with van der Waals surface area (Å²) in [6.45, 7) is 3.10. The van der Waals surface area contributed by atoms with E-state index in [1.807, 2.05) is 25.3 Å². The van der Waals surface area contributed by atoms with Crippen LogP contribution in [-0.2, 0) is 13.1 Å². The Balaban J connectivity index is 1.41. The first kappa shape index (κ1) is 16.1. The molecule has 0 fully saturated rings. The Bertz CT molecular complexity index is 1020. The van der Waals surface area contributed by atoms with E-state index in [1.165, 1.54) is 11.7 Å². The molecule has 4 rings (SSSR count). The normalized spacial score (nSPS) is 12.3. The average molecular weight is 349 g/mol. The number of hydrogen-bond donors (Lipinski definition) is 2. The number of carbonyl (C=O) groups excluding carboxylic acids is 1. The number of para-hydroxylation sites is 1. The second-order valence-electron chi connectivity index (χ2n) is 6.27. The fourth-order valence-electron chi connectivity index (χ4n) is 2.97. The second kappa shape index (κ2) is 6.83. The van der Waals surface area contributed by atoms with Gasteiger partial charge in [-0.1, -0.05) is 18.2 Å². The molecule has 0 aliphatic rings. The van der Waals surface area contributed by atoms with Gasteiger partial charge >= 0.3 is 0 Å². The molecule has 132 valence electrons. The van der Waals surface area contributed by atoms with Gasteiger partial charge in [0.2, 0.25) is 0 Å². The summed E-state index contributed by atoms with van der Waals surface area (Å²) in [4.78, 5) is 16.3. The van der Waals surface area contributed by atoms with E-state index in [4.69, 9.17) is 0 Å². The molecule has 8 nitrogen and oxygen atoms in total. The van der Waals surface area contributed by atoms with Crippen molar-refractivity contribution < 1.29 is 4.79 Å². The molecule has 0 radical (unpaired) electrons. The Hall–Kier alpha value is -3.42. The number of aromatic amines is 1. The van der Waals surface area contributed by atoms with Crippen LogP contribution >= 0.6 is 0 Å². The molecule has 8 heteroatoms. The molecule has 0 aliphatic heterocycles. The zero-order valence-electron chi connectivity index (χ0n) is 14.3. The predicted molar refractivity (Wildman–Crippen MR) is 96.6 cm³/mol. The Morgan fingerprint density at radius 3 is 3.04 bits per heavy atom. The fraction of sp³-hybridized carbons (Fsp3) is 0.222. The lowest BCUT2D eigenvalue weighted by Crippen LogP contribution is -2.36. The molecular formula is C18H19N7O. The van der Waals surface area contributed by atoms with Crippen molar-refractivity contribution in [3.05, 3.63) is 66.6 Å². The van der Waals surface area contributed by atoms with Crippen LogP contribution < -0.4 is 5.32 Å². The van der Waals surface area contributed by atoms with Crippen molar-refractivity contribution in [2.24, 2.45) is 0 Å². The first-order chi connectivity index (χ1) is 12.7. The highest BCUT2D eigenvalue weighted by Crippen LogP contribution is 2.16. The summed E-state index contributed by atoms with van der Waals surface area (Å²) in [5, 5.41) is 15.2. The number of fused-ring (bicyclic) bond motifs is 1. The zero-order chi connectivity index (χ0) is 17.9. The van der Waals surface area contributed by atoms with Crippen LogP contribution in [0.4, 0.5) is 0 Å². The molecule has 3 aromatic heterocycles. The predicted octanol–water partition coefficient (Wildman–Crippen LogP) is 1.82. The van der Waals surface area contributed by atoms with E-state index in [0.717, 1.165) is 11.2 Å². The highest BCUT2D eigenvalue weighted by atomic mass is 16.2. The summed E-state index contributed by atoms with van der Waals surface area (Å²) < 4.78 is 3.80. The Morgan fingerprint density at radius 1 is 1.31 bits per heavy atom. The third-order valence-corrected chi connectivity index (χ3v) is 4.19. The minimum Gasteiger partial charge on any atom is -0.346 e. The summed E-state index contributed by atoms with van der Waals surface area (Å²) >= 11 is 0. The van der Waals surface area contributed by atoms with Gasteiger partial charge in [0.15, 0.2) is 0 Å². The number of nitrogens with zero attached hydrogens (tertiary/aromatic N) is 5. The molecule has 2 N–H and O–H groups in total. The van der Waals surface area contributed by atoms with Crippen LogP contribution in [0.25, 0.3) is 10.9 Å². The topological polar surface area (TPSA) is 93.4 Å². The van der Waals surface area contributed by atoms with E-state index in [9.17, 15) is 4.79 Å². The largest absolute Gasteiger partial charge is 0.346 e. The smallest absolute Gasteiger partial charge is 0.272 e. The lowest BCUT2D eigenvalue weighted by atomic mass is 10.2. The van der Waals surface area contributed by atoms with Crippen molar-refractivity contribution in [3.63, 3.8) is 0 Å². The highest BCUT2D eigenvalue weighted by Gasteiger charge is 2.14. The average Bonchev–Trinajstić information content (AvgIpc) is 3.37. The van der Waals surface area contributed by atoms with Crippen LogP contribution in [0.1, 0.15) is 23.1 Å². The van der Waals surface area contributed by atoms with E-state index < -0.39 is 0 Å². The molecule has 26 heavy (non-hydrogen) atoms. The molecule has 3 heterocycles. The summed E-state index contributed by atoms with van der Waals surface area (Å²) in [7, 11) is 0. The molecule has 0 bridgehead atoms. The first-order valence-electron chi connectivity index (χ1n) is 8.40. The Kier molecular flexibility index (Phi) is 4.22. The van der Waals surface area contributed by atoms with Crippen molar-refractivity contribution in [2.45, 2.75) is 26.1 Å². The fourth-order valence-corrected chi connectivity index (χ4v) is 2.97. The number of carbonyl (C=O) groups is 1. The van der Waals surface area contributed by atoms with Crippen molar-refractivity contribution >= 4 is 16.8 Å². The minimum absolute atomic E-state index is 0.0854. The molecule has 1 amide bonds. The van der Waals surface area contributed by atoms with Crippen molar-refractivity contribution in [2.75, 3.05) is 0 Å². The van der Waals surface area contributed by atoms with E-state index in [-0.39, 0.29) is 11.9 Å². The molecule has 4 aromatic rings. The maximum Gasteiger partial charge on any atom is 0.272 e. The number of H-pyrrole nitrogens is 1. The highest BCUT2D eigenvalue weighted by molar-refractivity contribution is 5.92.